The molecule has 0 atom stereocenters. The Morgan fingerprint density at radius 1 is 0.621 bits per heavy atom. The summed E-state index contributed by atoms with van der Waals surface area (Å²) in [4.78, 5) is 21.3. The third-order valence-corrected chi connectivity index (χ3v) is 5.94. The molecule has 0 rings (SSSR count). The molecule has 0 aromatic carbocycles. The van der Waals surface area contributed by atoms with Crippen LogP contribution in [0, 0.1) is 0 Å². The van der Waals surface area contributed by atoms with Gasteiger partial charge in [0.1, 0.15) is 0 Å². The molecule has 0 aromatic heterocycles. The molecule has 0 saturated heterocycles. The molecule has 0 heterocycles. The summed E-state index contributed by atoms with van der Waals surface area (Å²) in [5.41, 5.74) is 0. The molecule has 0 aromatic rings. The van der Waals surface area contributed by atoms with Gasteiger partial charge in [-0.15, -0.1) is 4.67 Å². The number of unbranched alkanes of at least 4 members (excludes halogenated alkanes) is 16. The van der Waals surface area contributed by atoms with Crippen LogP contribution in [0.5, 0.6) is 0 Å². The van der Waals surface area contributed by atoms with E-state index in [0.717, 1.165) is 19.3 Å². The quantitative estimate of drug-likeness (QED) is 0.0622. The SMILES string of the molecule is CCCCCCCCCCCCCCCCCCOOP(=O)(O)O.CCC[CH2][Na]. The zero-order valence-corrected chi connectivity index (χ0v) is 22.6. The van der Waals surface area contributed by atoms with E-state index in [4.69, 9.17) is 9.79 Å². The minimum atomic E-state index is -4.48. The fourth-order valence-corrected chi connectivity index (χ4v) is 4.09. The molecule has 7 heteroatoms. The van der Waals surface area contributed by atoms with Gasteiger partial charge in [0, 0.05) is 0 Å². The van der Waals surface area contributed by atoms with Crippen molar-refractivity contribution in [3.05, 3.63) is 0 Å². The maximum atomic E-state index is 10.4. The second-order valence-corrected chi connectivity index (χ2v) is 10.2. The van der Waals surface area contributed by atoms with Crippen LogP contribution in [0.15, 0.2) is 0 Å². The average molecular weight is 447 g/mol. The summed E-state index contributed by atoms with van der Waals surface area (Å²) in [7, 11) is -4.48. The molecule has 0 aliphatic carbocycles. The van der Waals surface area contributed by atoms with E-state index in [1.165, 1.54) is 128 Å². The Balaban J connectivity index is 0. The Morgan fingerprint density at radius 3 is 1.24 bits per heavy atom. The molecule has 0 aliphatic heterocycles. The molecule has 5 nitrogen and oxygen atoms in total. The molecule has 0 aliphatic rings. The van der Waals surface area contributed by atoms with E-state index in [9.17, 15) is 4.57 Å². The maximum absolute atomic E-state index is 10.4. The van der Waals surface area contributed by atoms with Gasteiger partial charge in [-0.3, -0.25) is 0 Å². The van der Waals surface area contributed by atoms with Crippen LogP contribution in [0.25, 0.3) is 0 Å². The zero-order valence-electron chi connectivity index (χ0n) is 19.7. The molecule has 29 heavy (non-hydrogen) atoms. The molecule has 2 N–H and O–H groups in total. The fourth-order valence-electron chi connectivity index (χ4n) is 3.17. The van der Waals surface area contributed by atoms with Crippen LogP contribution in [-0.4, -0.2) is 44.3 Å². The van der Waals surface area contributed by atoms with Crippen molar-refractivity contribution in [3.63, 3.8) is 0 Å². The van der Waals surface area contributed by atoms with E-state index in [1.54, 1.807) is 0 Å². The number of hydrogen-bond acceptors (Lipinski definition) is 3. The first-order valence-corrected chi connectivity index (χ1v) is 15.3. The van der Waals surface area contributed by atoms with Crippen LogP contribution in [0.1, 0.15) is 129 Å². The van der Waals surface area contributed by atoms with Crippen molar-refractivity contribution in [2.75, 3.05) is 6.61 Å². The summed E-state index contributed by atoms with van der Waals surface area (Å²) in [5, 5.41) is 0. The third kappa shape index (κ3) is 36.8. The summed E-state index contributed by atoms with van der Waals surface area (Å²) in [6.45, 7) is 4.74. The van der Waals surface area contributed by atoms with Gasteiger partial charge in [-0.1, -0.05) is 103 Å². The summed E-state index contributed by atoms with van der Waals surface area (Å²) in [5.74, 6) is 0. The molecular formula is C22H48NaO5P. The van der Waals surface area contributed by atoms with Crippen molar-refractivity contribution in [2.24, 2.45) is 0 Å². The van der Waals surface area contributed by atoms with Crippen LogP contribution < -0.4 is 0 Å². The van der Waals surface area contributed by atoms with Gasteiger partial charge < -0.3 is 9.79 Å². The third-order valence-electron chi connectivity index (χ3n) is 4.94. The number of rotatable bonds is 21. The Kier molecular flexibility index (Phi) is 30.1. The van der Waals surface area contributed by atoms with Gasteiger partial charge in [-0.2, -0.15) is 0 Å². The molecule has 0 bridgehead atoms. The van der Waals surface area contributed by atoms with E-state index >= 15 is 0 Å². The van der Waals surface area contributed by atoms with Gasteiger partial charge in [0.05, 0.1) is 6.61 Å². The van der Waals surface area contributed by atoms with Crippen LogP contribution in [-0.2, 0) is 14.1 Å². The summed E-state index contributed by atoms with van der Waals surface area (Å²) in [6.07, 6.45) is 23.6. The van der Waals surface area contributed by atoms with Crippen LogP contribution in [0.2, 0.25) is 3.67 Å². The van der Waals surface area contributed by atoms with Gasteiger partial charge in [0.25, 0.3) is 0 Å². The van der Waals surface area contributed by atoms with Gasteiger partial charge in [0.2, 0.25) is 0 Å². The second-order valence-electron chi connectivity index (χ2n) is 8.04. The molecule has 0 unspecified atom stereocenters. The van der Waals surface area contributed by atoms with Gasteiger partial charge in [0.15, 0.2) is 0 Å². The Labute approximate surface area is 198 Å². The van der Waals surface area contributed by atoms with Crippen molar-refractivity contribution in [2.45, 2.75) is 133 Å². The summed E-state index contributed by atoms with van der Waals surface area (Å²) < 4.78 is 15.8. The van der Waals surface area contributed by atoms with Crippen molar-refractivity contribution in [1.82, 2.24) is 0 Å². The molecule has 0 fully saturated rings. The first kappa shape index (κ1) is 32.3. The van der Waals surface area contributed by atoms with Crippen LogP contribution >= 0.6 is 7.82 Å². The first-order chi connectivity index (χ1) is 14.0. The van der Waals surface area contributed by atoms with Crippen LogP contribution in [0.4, 0.5) is 0 Å². The average Bonchev–Trinajstić information content (AvgIpc) is 2.67. The standard InChI is InChI=1S/C18H39O5P.C4H9.Na/c1-2-3-4-5-6-7-8-9-10-11-12-13-14-15-16-17-18-22-23-24(19,20)21;1-3-4-2;/h2-18H2,1H3,(H2,19,20,21);1,3-4H2,2H3;. The molecule has 172 valence electrons. The number of phosphoric acid groups is 1. The van der Waals surface area contributed by atoms with E-state index in [0.29, 0.717) is 0 Å². The molecule has 0 radical (unpaired) electrons. The predicted octanol–water partition coefficient (Wildman–Crippen LogP) is 7.66. The zero-order chi connectivity index (χ0) is 22.1. The first-order valence-electron chi connectivity index (χ1n) is 12.3. The summed E-state index contributed by atoms with van der Waals surface area (Å²) >= 11 is 1.40. The fraction of sp³-hybridized carbons (Fsp3) is 1.00. The Bertz CT molecular complexity index is 337. The van der Waals surface area contributed by atoms with Crippen molar-refractivity contribution in [3.8, 4) is 0 Å². The van der Waals surface area contributed by atoms with Gasteiger partial charge in [-0.05, 0) is 6.42 Å². The number of hydrogen-bond donors (Lipinski definition) is 2. The minimum absolute atomic E-state index is 0.240. The second kappa shape index (κ2) is 27.1. The molecular weight excluding hydrogens is 398 g/mol. The van der Waals surface area contributed by atoms with E-state index < -0.39 is 7.82 Å². The topological polar surface area (TPSA) is 76.0 Å². The van der Waals surface area contributed by atoms with E-state index in [1.807, 2.05) is 0 Å². The van der Waals surface area contributed by atoms with Gasteiger partial charge in [-0.25, -0.2) is 9.45 Å². The van der Waals surface area contributed by atoms with Crippen molar-refractivity contribution in [1.29, 1.82) is 0 Å². The molecule has 0 amide bonds. The predicted molar refractivity (Wildman–Crippen MR) is 124 cm³/mol. The van der Waals surface area contributed by atoms with Crippen LogP contribution in [0.3, 0.4) is 0 Å². The van der Waals surface area contributed by atoms with Gasteiger partial charge >= 0.3 is 59.2 Å². The Morgan fingerprint density at radius 2 is 0.966 bits per heavy atom. The summed E-state index contributed by atoms with van der Waals surface area (Å²) in [6, 6.07) is 0. The van der Waals surface area contributed by atoms with Crippen molar-refractivity contribution < 1.29 is 23.9 Å². The normalized spacial score (nSPS) is 11.4. The Hall–Kier alpha value is 1.07. The molecule has 0 spiro atoms. The van der Waals surface area contributed by atoms with E-state index in [-0.39, 0.29) is 6.61 Å². The molecule has 0 saturated carbocycles. The van der Waals surface area contributed by atoms with E-state index in [2.05, 4.69) is 23.4 Å². The van der Waals surface area contributed by atoms with Crippen molar-refractivity contribution >= 4 is 35.8 Å². The monoisotopic (exact) mass is 446 g/mol.